The average molecular weight is 653 g/mol. The maximum Gasteiger partial charge on any atom is 0.336 e. The van der Waals surface area contributed by atoms with Gasteiger partial charge in [-0.15, -0.1) is 11.3 Å². The fourth-order valence-corrected chi connectivity index (χ4v) is 8.30. The lowest BCUT2D eigenvalue weighted by Gasteiger charge is -2.51. The van der Waals surface area contributed by atoms with E-state index in [9.17, 15) is 23.7 Å². The number of rotatable bonds is 9. The molecule has 2 unspecified atom stereocenters. The van der Waals surface area contributed by atoms with Crippen LogP contribution in [0.2, 0.25) is 0 Å². The summed E-state index contributed by atoms with van der Waals surface area (Å²) in [7, 11) is -1.30. The molecule has 0 spiro atoms. The summed E-state index contributed by atoms with van der Waals surface area (Å²) >= 11 is 14.3. The van der Waals surface area contributed by atoms with Crippen LogP contribution in [0.4, 0.5) is 0 Å². The number of carboxylic acids is 1. The number of amides is 2. The topological polar surface area (TPSA) is 125 Å². The van der Waals surface area contributed by atoms with E-state index < -0.39 is 40.7 Å². The van der Waals surface area contributed by atoms with Crippen molar-refractivity contribution in [1.82, 2.24) is 15.1 Å². The highest BCUT2D eigenvalue weighted by Crippen LogP contribution is 2.45. The van der Waals surface area contributed by atoms with Crippen LogP contribution in [0.3, 0.4) is 0 Å². The summed E-state index contributed by atoms with van der Waals surface area (Å²) in [6.07, 6.45) is 8.72. The smallest absolute Gasteiger partial charge is 0.336 e. The average Bonchev–Trinajstić information content (AvgIpc) is 3.43. The van der Waals surface area contributed by atoms with E-state index in [1.165, 1.54) is 22.8 Å². The normalized spacial score (nSPS) is 26.6. The Labute approximate surface area is 260 Å². The van der Waals surface area contributed by atoms with Gasteiger partial charge in [0.1, 0.15) is 6.61 Å². The predicted molar refractivity (Wildman–Crippen MR) is 163 cm³/mol. The van der Waals surface area contributed by atoms with E-state index in [2.05, 4.69) is 10.2 Å². The molecule has 1 aromatic heterocycles. The number of nitrogens with zero attached hydrogens (tertiary/aromatic N) is 1. The molecule has 9 nitrogen and oxygen atoms in total. The van der Waals surface area contributed by atoms with Crippen LogP contribution in [-0.4, -0.2) is 56.4 Å². The van der Waals surface area contributed by atoms with Gasteiger partial charge in [0.15, 0.2) is 0 Å². The maximum absolute atomic E-state index is 14.3. The molecule has 0 bridgehead atoms. The van der Waals surface area contributed by atoms with E-state index in [1.807, 2.05) is 6.08 Å². The van der Waals surface area contributed by atoms with E-state index in [4.69, 9.17) is 28.0 Å². The summed E-state index contributed by atoms with van der Waals surface area (Å²) in [5.74, 6) is -2.96. The number of hydrogen-bond donors (Lipinski definition) is 3. The minimum absolute atomic E-state index is 0.0231. The molecular formula is C29H31Cl2N3O6S2. The first-order valence-electron chi connectivity index (χ1n) is 13.6. The molecule has 0 radical (unpaired) electrons. The Morgan fingerprint density at radius 2 is 1.98 bits per heavy atom. The third-order valence-corrected chi connectivity index (χ3v) is 10.2. The first kappa shape index (κ1) is 30.9. The third kappa shape index (κ3) is 6.51. The Balaban J connectivity index is 1.52. The third-order valence-electron chi connectivity index (χ3n) is 8.01. The molecule has 1 aromatic carbocycles. The number of carbonyl (C=O) groups excluding carboxylic acids is 2. The number of benzene rings is 1. The van der Waals surface area contributed by atoms with E-state index in [-0.39, 0.29) is 30.2 Å². The van der Waals surface area contributed by atoms with E-state index in [0.29, 0.717) is 38.9 Å². The number of hydroxylamine groups is 1. The van der Waals surface area contributed by atoms with E-state index in [0.717, 1.165) is 19.3 Å². The van der Waals surface area contributed by atoms with Gasteiger partial charge < -0.3 is 10.0 Å². The number of fused-ring (bicyclic) bond motifs is 1. The van der Waals surface area contributed by atoms with Crippen LogP contribution in [0, 0.1) is 5.92 Å². The molecule has 13 heteroatoms. The molecule has 0 saturated heterocycles. The van der Waals surface area contributed by atoms with E-state index >= 15 is 0 Å². The summed E-state index contributed by atoms with van der Waals surface area (Å²) in [6, 6.07) is 7.32. The van der Waals surface area contributed by atoms with Crippen LogP contribution < -0.4 is 10.2 Å². The summed E-state index contributed by atoms with van der Waals surface area (Å²) < 4.78 is 15.4. The molecule has 3 aliphatic rings. The van der Waals surface area contributed by atoms with Crippen LogP contribution in [-0.2, 0) is 27.2 Å². The minimum atomic E-state index is -1.30. The molecule has 6 atom stereocenters. The molecule has 2 aliphatic carbocycles. The van der Waals surface area contributed by atoms with Crippen LogP contribution in [0.5, 0.6) is 0 Å². The van der Waals surface area contributed by atoms with Gasteiger partial charge in [-0.1, -0.05) is 60.3 Å². The van der Waals surface area contributed by atoms with Crippen molar-refractivity contribution < 1.29 is 28.5 Å². The predicted octanol–water partition coefficient (Wildman–Crippen LogP) is 5.06. The second kappa shape index (κ2) is 13.4. The summed E-state index contributed by atoms with van der Waals surface area (Å²) in [5.41, 5.74) is 3.71. The highest BCUT2D eigenvalue weighted by Gasteiger charge is 2.51. The lowest BCUT2D eigenvalue weighted by molar-refractivity contribution is -0.138. The zero-order valence-corrected chi connectivity index (χ0v) is 25.9. The van der Waals surface area contributed by atoms with Crippen molar-refractivity contribution in [3.63, 3.8) is 0 Å². The maximum atomic E-state index is 14.3. The van der Waals surface area contributed by atoms with Gasteiger partial charge in [0.05, 0.1) is 28.5 Å². The zero-order chi connectivity index (χ0) is 30.0. The number of nitrogens with one attached hydrogen (secondary N) is 2. The molecule has 1 aliphatic heterocycles. The van der Waals surface area contributed by atoms with Gasteiger partial charge in [-0.05, 0) is 43.0 Å². The Hall–Kier alpha value is -2.54. The number of carbonyl (C=O) groups is 3. The number of aromatic carboxylic acids is 1. The fraction of sp³-hybridized carbons (Fsp3) is 0.414. The number of thiophene rings is 1. The zero-order valence-electron chi connectivity index (χ0n) is 22.8. The molecular weight excluding hydrogens is 621 g/mol. The van der Waals surface area contributed by atoms with Gasteiger partial charge in [0, 0.05) is 50.1 Å². The number of allylic oxidation sites excluding steroid dienone is 3. The molecule has 2 heterocycles. The van der Waals surface area contributed by atoms with Crippen LogP contribution >= 0.6 is 34.5 Å². The van der Waals surface area contributed by atoms with Crippen molar-refractivity contribution in [3.8, 4) is 0 Å². The lowest BCUT2D eigenvalue weighted by Crippen LogP contribution is -2.63. The lowest BCUT2D eigenvalue weighted by atomic mass is 9.73. The number of carboxylic acid groups (broad SMARTS) is 1. The van der Waals surface area contributed by atoms with Crippen LogP contribution in [0.1, 0.15) is 69.2 Å². The Morgan fingerprint density at radius 3 is 2.69 bits per heavy atom. The quantitative estimate of drug-likeness (QED) is 0.326. The van der Waals surface area contributed by atoms with Gasteiger partial charge in [-0.25, -0.2) is 19.2 Å². The molecule has 2 aromatic rings. The highest BCUT2D eigenvalue weighted by molar-refractivity contribution is 7.82. The Kier molecular flexibility index (Phi) is 9.86. The molecule has 224 valence electrons. The molecule has 1 fully saturated rings. The first-order valence-corrected chi connectivity index (χ1v) is 16.8. The SMILES string of the molecule is CS(=O)N[C@@H]1CCCC[C@H]1N1C(=O)c2ccccc2[C@H](C(=O)NOCc2cc(C(=O)O)cs2)C1[C@H]1CC=C(Cl)C=C1Cl. The summed E-state index contributed by atoms with van der Waals surface area (Å²) in [6.45, 7) is -0.0231. The molecule has 42 heavy (non-hydrogen) atoms. The molecule has 1 saturated carbocycles. The molecule has 2 amide bonds. The van der Waals surface area contributed by atoms with Crippen molar-refractivity contribution in [1.29, 1.82) is 0 Å². The van der Waals surface area contributed by atoms with Gasteiger partial charge in [0.25, 0.3) is 11.8 Å². The highest BCUT2D eigenvalue weighted by atomic mass is 35.5. The molecule has 5 rings (SSSR count). The second-order valence-electron chi connectivity index (χ2n) is 10.6. The van der Waals surface area contributed by atoms with Gasteiger partial charge in [0.2, 0.25) is 0 Å². The fourth-order valence-electron chi connectivity index (χ4n) is 6.23. The van der Waals surface area contributed by atoms with Gasteiger partial charge >= 0.3 is 5.97 Å². The minimum Gasteiger partial charge on any atom is -0.478 e. The van der Waals surface area contributed by atoms with Gasteiger partial charge in [-0.2, -0.15) is 0 Å². The number of halogens is 2. The first-order chi connectivity index (χ1) is 20.2. The summed E-state index contributed by atoms with van der Waals surface area (Å²) in [4.78, 5) is 47.6. The Morgan fingerprint density at radius 1 is 1.21 bits per heavy atom. The van der Waals surface area contributed by atoms with Crippen molar-refractivity contribution in [2.24, 2.45) is 5.92 Å². The molecule has 3 N–H and O–H groups in total. The van der Waals surface area contributed by atoms with Crippen LogP contribution in [0.15, 0.2) is 57.9 Å². The van der Waals surface area contributed by atoms with Crippen molar-refractivity contribution in [3.05, 3.63) is 79.5 Å². The monoisotopic (exact) mass is 651 g/mol. The summed E-state index contributed by atoms with van der Waals surface area (Å²) in [5, 5.41) is 11.6. The second-order valence-corrected chi connectivity index (χ2v) is 13.6. The number of hydrogen-bond acceptors (Lipinski definition) is 6. The van der Waals surface area contributed by atoms with Crippen molar-refractivity contribution in [2.45, 2.75) is 62.8 Å². The van der Waals surface area contributed by atoms with Crippen LogP contribution in [0.25, 0.3) is 0 Å². The van der Waals surface area contributed by atoms with Crippen molar-refractivity contribution >= 4 is 63.3 Å². The van der Waals surface area contributed by atoms with Gasteiger partial charge in [-0.3, -0.25) is 14.4 Å². The van der Waals surface area contributed by atoms with Crippen molar-refractivity contribution in [2.75, 3.05) is 6.26 Å². The van der Waals surface area contributed by atoms with E-state index in [1.54, 1.807) is 41.5 Å². The Bertz CT molecular complexity index is 1460. The largest absolute Gasteiger partial charge is 0.478 e. The standard InChI is InChI=1S/C29H31Cl2N3O6S2/c1-42(39)33-23-8-4-5-9-24(23)34-26(21-11-10-17(30)13-22(21)31)25(19-6-2-3-7-20(19)28(34)36)27(35)32-40-14-18-12-16(15-41-18)29(37)38/h2-3,6-7,10,12-13,15,21,23-26,33H,4-5,8-9,11,14H2,1H3,(H,32,35)(H,37,38)/t21-,23+,24+,25-,26?,42?/m0/s1.